The van der Waals surface area contributed by atoms with E-state index in [1.807, 2.05) is 0 Å². The standard InChI is InChI=1S/C9H12ClF2N3/c10-7-2-1-6(5-15-7)8(9(11)12)14-4-3-13/h1-2,5,8-9,14H,3-4,13H2. The minimum absolute atomic E-state index is 0.283. The van der Waals surface area contributed by atoms with E-state index in [1.165, 1.54) is 18.3 Å². The van der Waals surface area contributed by atoms with E-state index < -0.39 is 12.5 Å². The van der Waals surface area contributed by atoms with Crippen LogP contribution in [0.3, 0.4) is 0 Å². The number of nitrogens with two attached hydrogens (primary N) is 1. The minimum atomic E-state index is -2.50. The fraction of sp³-hybridized carbons (Fsp3) is 0.444. The number of alkyl halides is 2. The van der Waals surface area contributed by atoms with Crippen LogP contribution in [0.1, 0.15) is 11.6 Å². The topological polar surface area (TPSA) is 50.9 Å². The summed E-state index contributed by atoms with van der Waals surface area (Å²) >= 11 is 5.56. The van der Waals surface area contributed by atoms with Crippen molar-refractivity contribution in [3.63, 3.8) is 0 Å². The third-order valence-electron chi connectivity index (χ3n) is 1.87. The first-order valence-corrected chi connectivity index (χ1v) is 4.86. The number of halogens is 3. The molecule has 0 spiro atoms. The Morgan fingerprint density at radius 2 is 2.20 bits per heavy atom. The van der Waals surface area contributed by atoms with Crippen LogP contribution >= 0.6 is 11.6 Å². The number of nitrogens with one attached hydrogen (secondary N) is 1. The van der Waals surface area contributed by atoms with Gasteiger partial charge in [-0.05, 0) is 11.6 Å². The summed E-state index contributed by atoms with van der Waals surface area (Å²) in [7, 11) is 0. The molecule has 1 atom stereocenters. The first kappa shape index (κ1) is 12.3. The van der Waals surface area contributed by atoms with E-state index in [2.05, 4.69) is 10.3 Å². The Bertz CT molecular complexity index is 292. The Balaban J connectivity index is 2.74. The summed E-state index contributed by atoms with van der Waals surface area (Å²) in [6.07, 6.45) is -1.16. The van der Waals surface area contributed by atoms with Crippen LogP contribution in [0, 0.1) is 0 Å². The third-order valence-corrected chi connectivity index (χ3v) is 2.09. The van der Waals surface area contributed by atoms with Crippen molar-refractivity contribution < 1.29 is 8.78 Å². The monoisotopic (exact) mass is 235 g/mol. The molecule has 0 fully saturated rings. The van der Waals surface area contributed by atoms with E-state index in [0.717, 1.165) is 0 Å². The van der Waals surface area contributed by atoms with Crippen molar-refractivity contribution in [3.8, 4) is 0 Å². The lowest BCUT2D eigenvalue weighted by atomic mass is 10.1. The van der Waals surface area contributed by atoms with E-state index >= 15 is 0 Å². The van der Waals surface area contributed by atoms with E-state index in [4.69, 9.17) is 17.3 Å². The third kappa shape index (κ3) is 3.70. The molecule has 1 aromatic rings. The maximum Gasteiger partial charge on any atom is 0.257 e. The SMILES string of the molecule is NCCNC(c1ccc(Cl)nc1)C(F)F. The first-order chi connectivity index (χ1) is 7.15. The smallest absolute Gasteiger partial charge is 0.257 e. The van der Waals surface area contributed by atoms with Crippen LogP contribution in [0.4, 0.5) is 8.78 Å². The molecule has 1 aromatic heterocycles. The fourth-order valence-electron chi connectivity index (χ4n) is 1.16. The van der Waals surface area contributed by atoms with E-state index in [9.17, 15) is 8.78 Å². The quantitative estimate of drug-likeness (QED) is 0.762. The summed E-state index contributed by atoms with van der Waals surface area (Å²) in [4.78, 5) is 3.75. The van der Waals surface area contributed by atoms with Gasteiger partial charge in [0.15, 0.2) is 0 Å². The molecular weight excluding hydrogens is 224 g/mol. The molecule has 0 saturated carbocycles. The van der Waals surface area contributed by atoms with Gasteiger partial charge in [0.05, 0.1) is 6.04 Å². The minimum Gasteiger partial charge on any atom is -0.329 e. The van der Waals surface area contributed by atoms with Crippen molar-refractivity contribution in [1.29, 1.82) is 0 Å². The molecule has 0 bridgehead atoms. The highest BCUT2D eigenvalue weighted by Gasteiger charge is 2.21. The zero-order valence-electron chi connectivity index (χ0n) is 7.96. The summed E-state index contributed by atoms with van der Waals surface area (Å²) in [5.74, 6) is 0. The molecule has 84 valence electrons. The van der Waals surface area contributed by atoms with E-state index in [0.29, 0.717) is 18.7 Å². The van der Waals surface area contributed by atoms with Gasteiger partial charge in [0.1, 0.15) is 5.15 Å². The van der Waals surface area contributed by atoms with Crippen LogP contribution in [0.15, 0.2) is 18.3 Å². The lowest BCUT2D eigenvalue weighted by Crippen LogP contribution is -2.31. The lowest BCUT2D eigenvalue weighted by molar-refractivity contribution is 0.0988. The van der Waals surface area contributed by atoms with Crippen molar-refractivity contribution in [3.05, 3.63) is 29.0 Å². The van der Waals surface area contributed by atoms with Gasteiger partial charge in [-0.3, -0.25) is 0 Å². The predicted octanol–water partition coefficient (Wildman–Crippen LogP) is 1.59. The highest BCUT2D eigenvalue weighted by molar-refractivity contribution is 6.29. The fourth-order valence-corrected chi connectivity index (χ4v) is 1.27. The van der Waals surface area contributed by atoms with Crippen molar-refractivity contribution in [2.24, 2.45) is 5.73 Å². The number of rotatable bonds is 5. The molecule has 1 heterocycles. The summed E-state index contributed by atoms with van der Waals surface area (Å²) < 4.78 is 25.3. The Kier molecular flexibility index (Phi) is 4.87. The van der Waals surface area contributed by atoms with Crippen molar-refractivity contribution >= 4 is 11.6 Å². The molecular formula is C9H12ClF2N3. The predicted molar refractivity (Wildman–Crippen MR) is 55.0 cm³/mol. The van der Waals surface area contributed by atoms with Crippen LogP contribution in [0.2, 0.25) is 5.15 Å². The highest BCUT2D eigenvalue weighted by atomic mass is 35.5. The van der Waals surface area contributed by atoms with Crippen molar-refractivity contribution in [1.82, 2.24) is 10.3 Å². The molecule has 0 aliphatic carbocycles. The largest absolute Gasteiger partial charge is 0.329 e. The van der Waals surface area contributed by atoms with E-state index in [1.54, 1.807) is 0 Å². The van der Waals surface area contributed by atoms with Gasteiger partial charge in [-0.25, -0.2) is 13.8 Å². The number of aromatic nitrogens is 1. The van der Waals surface area contributed by atoms with Crippen LogP contribution in [-0.2, 0) is 0 Å². The number of hydrogen-bond donors (Lipinski definition) is 2. The highest BCUT2D eigenvalue weighted by Crippen LogP contribution is 2.20. The zero-order valence-corrected chi connectivity index (χ0v) is 8.72. The van der Waals surface area contributed by atoms with Gasteiger partial charge in [0.2, 0.25) is 0 Å². The second-order valence-electron chi connectivity index (χ2n) is 2.97. The second-order valence-corrected chi connectivity index (χ2v) is 3.36. The van der Waals surface area contributed by atoms with Gasteiger partial charge in [0, 0.05) is 19.3 Å². The molecule has 15 heavy (non-hydrogen) atoms. The molecule has 1 unspecified atom stereocenters. The maximum absolute atomic E-state index is 12.6. The molecule has 6 heteroatoms. The van der Waals surface area contributed by atoms with Gasteiger partial charge in [0.25, 0.3) is 6.43 Å². The molecule has 0 radical (unpaired) electrons. The number of hydrogen-bond acceptors (Lipinski definition) is 3. The van der Waals surface area contributed by atoms with Crippen molar-refractivity contribution in [2.45, 2.75) is 12.5 Å². The Morgan fingerprint density at radius 3 is 2.67 bits per heavy atom. The Labute approximate surface area is 91.6 Å². The molecule has 0 aromatic carbocycles. The molecule has 0 amide bonds. The molecule has 1 rings (SSSR count). The second kappa shape index (κ2) is 5.95. The summed E-state index contributed by atoms with van der Waals surface area (Å²) in [5.41, 5.74) is 5.64. The summed E-state index contributed by atoms with van der Waals surface area (Å²) in [6, 6.07) is 1.96. The van der Waals surface area contributed by atoms with Gasteiger partial charge in [-0.2, -0.15) is 0 Å². The molecule has 0 aliphatic rings. The van der Waals surface area contributed by atoms with Gasteiger partial charge in [-0.1, -0.05) is 17.7 Å². The molecule has 3 nitrogen and oxygen atoms in total. The van der Waals surface area contributed by atoms with Gasteiger partial charge >= 0.3 is 0 Å². The summed E-state index contributed by atoms with van der Waals surface area (Å²) in [5, 5.41) is 2.93. The summed E-state index contributed by atoms with van der Waals surface area (Å²) in [6.45, 7) is 0.641. The normalized spacial score (nSPS) is 13.1. The van der Waals surface area contributed by atoms with Crippen LogP contribution in [-0.4, -0.2) is 24.5 Å². The van der Waals surface area contributed by atoms with Crippen LogP contribution in [0.5, 0.6) is 0 Å². The van der Waals surface area contributed by atoms with Crippen LogP contribution < -0.4 is 11.1 Å². The van der Waals surface area contributed by atoms with E-state index in [-0.39, 0.29) is 5.15 Å². The van der Waals surface area contributed by atoms with Gasteiger partial charge in [-0.15, -0.1) is 0 Å². The molecule has 0 saturated heterocycles. The number of pyridine rings is 1. The van der Waals surface area contributed by atoms with Gasteiger partial charge < -0.3 is 11.1 Å². The Morgan fingerprint density at radius 1 is 1.47 bits per heavy atom. The first-order valence-electron chi connectivity index (χ1n) is 4.48. The molecule has 3 N–H and O–H groups in total. The number of nitrogens with zero attached hydrogens (tertiary/aromatic N) is 1. The van der Waals surface area contributed by atoms with Crippen LogP contribution in [0.25, 0.3) is 0 Å². The molecule has 0 aliphatic heterocycles. The Hall–Kier alpha value is -0.780. The maximum atomic E-state index is 12.6. The average molecular weight is 236 g/mol. The average Bonchev–Trinajstić information content (AvgIpc) is 2.21. The van der Waals surface area contributed by atoms with Crippen molar-refractivity contribution in [2.75, 3.05) is 13.1 Å². The lowest BCUT2D eigenvalue weighted by Gasteiger charge is -2.17. The zero-order chi connectivity index (χ0) is 11.3.